The average molecular weight is 475 g/mol. The number of aromatic nitrogens is 3. The molecule has 0 radical (unpaired) electrons. The molecule has 12 heteroatoms. The van der Waals surface area contributed by atoms with Crippen LogP contribution < -0.4 is 15.2 Å². The number of hydrazone groups is 1. The van der Waals surface area contributed by atoms with E-state index in [0.29, 0.717) is 43.4 Å². The number of ether oxygens (including phenoxy) is 1. The van der Waals surface area contributed by atoms with Gasteiger partial charge in [-0.15, -0.1) is 0 Å². The third-order valence-corrected chi connectivity index (χ3v) is 4.94. The predicted molar refractivity (Wildman–Crippen MR) is 120 cm³/mol. The summed E-state index contributed by atoms with van der Waals surface area (Å²) < 4.78 is 58.1. The van der Waals surface area contributed by atoms with Crippen LogP contribution in [0.2, 0.25) is 0 Å². The van der Waals surface area contributed by atoms with Crippen molar-refractivity contribution in [2.75, 3.05) is 48.6 Å². The van der Waals surface area contributed by atoms with Gasteiger partial charge in [0.1, 0.15) is 0 Å². The molecular weight excluding hydrogens is 454 g/mol. The summed E-state index contributed by atoms with van der Waals surface area (Å²) in [5, 5.41) is 8.52. The molecule has 178 valence electrons. The second-order valence-electron chi connectivity index (χ2n) is 7.38. The lowest BCUT2D eigenvalue weighted by Gasteiger charge is -2.28. The third-order valence-electron chi connectivity index (χ3n) is 4.94. The number of nitrogens with one attached hydrogen (secondary N) is 1. The maximum atomic E-state index is 14.2. The van der Waals surface area contributed by atoms with Gasteiger partial charge in [-0.05, 0) is 30.3 Å². The van der Waals surface area contributed by atoms with E-state index < -0.39 is 17.6 Å². The number of rotatable bonds is 6. The fourth-order valence-corrected chi connectivity index (χ4v) is 3.19. The highest BCUT2D eigenvalue weighted by molar-refractivity contribution is 5.78. The van der Waals surface area contributed by atoms with Gasteiger partial charge in [0.2, 0.25) is 5.95 Å². The number of benzene rings is 1. The minimum absolute atomic E-state index is 0.193. The van der Waals surface area contributed by atoms with Crippen LogP contribution in [0.15, 0.2) is 53.9 Å². The largest absolute Gasteiger partial charge is 0.416 e. The summed E-state index contributed by atoms with van der Waals surface area (Å²) in [6, 6.07) is 8.22. The Morgan fingerprint density at radius 1 is 1.09 bits per heavy atom. The van der Waals surface area contributed by atoms with Crippen molar-refractivity contribution in [2.45, 2.75) is 6.18 Å². The van der Waals surface area contributed by atoms with E-state index in [1.807, 2.05) is 0 Å². The second kappa shape index (κ2) is 10.00. The highest BCUT2D eigenvalue weighted by Crippen LogP contribution is 2.31. The number of anilines is 4. The second-order valence-corrected chi connectivity index (χ2v) is 7.38. The van der Waals surface area contributed by atoms with Crippen LogP contribution >= 0.6 is 0 Å². The first kappa shape index (κ1) is 23.4. The van der Waals surface area contributed by atoms with Crippen LogP contribution in [-0.2, 0) is 10.9 Å². The van der Waals surface area contributed by atoms with Gasteiger partial charge in [0.15, 0.2) is 11.6 Å². The normalized spacial score (nSPS) is 14.4. The molecule has 0 bridgehead atoms. The number of hydrogen-bond acceptors (Lipinski definition) is 8. The fourth-order valence-electron chi connectivity index (χ4n) is 3.19. The Morgan fingerprint density at radius 3 is 2.59 bits per heavy atom. The molecule has 1 N–H and O–H groups in total. The Morgan fingerprint density at radius 2 is 1.88 bits per heavy atom. The van der Waals surface area contributed by atoms with Gasteiger partial charge in [-0.3, -0.25) is 4.98 Å². The van der Waals surface area contributed by atoms with Crippen molar-refractivity contribution in [3.63, 3.8) is 0 Å². The van der Waals surface area contributed by atoms with Crippen molar-refractivity contribution in [1.29, 1.82) is 0 Å². The molecule has 1 aromatic carbocycles. The van der Waals surface area contributed by atoms with Crippen molar-refractivity contribution in [1.82, 2.24) is 15.0 Å². The van der Waals surface area contributed by atoms with E-state index in [4.69, 9.17) is 4.74 Å². The first-order valence-corrected chi connectivity index (χ1v) is 10.3. The summed E-state index contributed by atoms with van der Waals surface area (Å²) in [5.74, 6) is -0.117. The van der Waals surface area contributed by atoms with Gasteiger partial charge in [0.05, 0.1) is 48.8 Å². The fraction of sp³-hybridized carbons (Fsp3) is 0.273. The Bertz CT molecular complexity index is 1150. The number of halogens is 4. The summed E-state index contributed by atoms with van der Waals surface area (Å²) in [4.78, 5) is 14.3. The first-order valence-electron chi connectivity index (χ1n) is 10.3. The molecule has 0 amide bonds. The van der Waals surface area contributed by atoms with E-state index in [-0.39, 0.29) is 11.8 Å². The molecule has 0 saturated carbocycles. The SMILES string of the molecule is CN(/N=C/c1ccc(Nc2cccc(C(F)(F)F)c2)cn1)c1ncc(F)c(N2CCOCC2)n1. The number of morpholine rings is 1. The van der Waals surface area contributed by atoms with E-state index >= 15 is 0 Å². The maximum absolute atomic E-state index is 14.2. The molecule has 3 aromatic rings. The molecule has 1 fully saturated rings. The number of hydrogen-bond donors (Lipinski definition) is 1. The van der Waals surface area contributed by atoms with Crippen molar-refractivity contribution in [3.8, 4) is 0 Å². The molecule has 2 aromatic heterocycles. The van der Waals surface area contributed by atoms with Crippen LogP contribution in [0.4, 0.5) is 40.7 Å². The van der Waals surface area contributed by atoms with Gasteiger partial charge in [-0.25, -0.2) is 14.4 Å². The lowest BCUT2D eigenvalue weighted by Crippen LogP contribution is -2.37. The Balaban J connectivity index is 1.41. The molecule has 0 unspecified atom stereocenters. The van der Waals surface area contributed by atoms with Crippen LogP contribution in [0.1, 0.15) is 11.3 Å². The van der Waals surface area contributed by atoms with Crippen molar-refractivity contribution < 1.29 is 22.3 Å². The Labute approximate surface area is 192 Å². The maximum Gasteiger partial charge on any atom is 0.416 e. The molecule has 0 spiro atoms. The smallest absolute Gasteiger partial charge is 0.378 e. The summed E-state index contributed by atoms with van der Waals surface area (Å²) in [6.07, 6.45) is -0.368. The zero-order valence-electron chi connectivity index (χ0n) is 18.1. The van der Waals surface area contributed by atoms with E-state index in [9.17, 15) is 17.6 Å². The summed E-state index contributed by atoms with van der Waals surface area (Å²) in [6.45, 7) is 2.06. The van der Waals surface area contributed by atoms with Crippen molar-refractivity contribution >= 4 is 29.4 Å². The molecule has 1 aliphatic heterocycles. The van der Waals surface area contributed by atoms with E-state index in [1.165, 1.54) is 29.6 Å². The summed E-state index contributed by atoms with van der Waals surface area (Å²) in [7, 11) is 1.62. The quantitative estimate of drug-likeness (QED) is 0.327. The molecule has 3 heterocycles. The van der Waals surface area contributed by atoms with E-state index in [1.54, 1.807) is 24.1 Å². The average Bonchev–Trinajstić information content (AvgIpc) is 2.84. The van der Waals surface area contributed by atoms with Crippen LogP contribution in [0.5, 0.6) is 0 Å². The van der Waals surface area contributed by atoms with Gasteiger partial charge in [0.25, 0.3) is 0 Å². The zero-order valence-corrected chi connectivity index (χ0v) is 18.1. The molecule has 1 aliphatic rings. The number of nitrogens with zero attached hydrogens (tertiary/aromatic N) is 6. The molecule has 1 saturated heterocycles. The zero-order chi connectivity index (χ0) is 24.1. The first-order chi connectivity index (χ1) is 16.3. The molecule has 4 rings (SSSR count). The lowest BCUT2D eigenvalue weighted by molar-refractivity contribution is -0.137. The molecule has 34 heavy (non-hydrogen) atoms. The van der Waals surface area contributed by atoms with Crippen LogP contribution in [0, 0.1) is 5.82 Å². The van der Waals surface area contributed by atoms with Crippen LogP contribution in [-0.4, -0.2) is 54.5 Å². The third kappa shape index (κ3) is 5.76. The van der Waals surface area contributed by atoms with Crippen LogP contribution in [0.3, 0.4) is 0 Å². The minimum Gasteiger partial charge on any atom is -0.378 e. The monoisotopic (exact) mass is 475 g/mol. The van der Waals surface area contributed by atoms with E-state index in [2.05, 4.69) is 25.4 Å². The Kier molecular flexibility index (Phi) is 6.87. The summed E-state index contributed by atoms with van der Waals surface area (Å²) >= 11 is 0. The molecule has 0 atom stereocenters. The van der Waals surface area contributed by atoms with Crippen LogP contribution in [0.25, 0.3) is 0 Å². The minimum atomic E-state index is -4.42. The van der Waals surface area contributed by atoms with E-state index in [0.717, 1.165) is 18.3 Å². The molecule has 0 aliphatic carbocycles. The van der Waals surface area contributed by atoms with Gasteiger partial charge in [-0.1, -0.05) is 6.07 Å². The van der Waals surface area contributed by atoms with Gasteiger partial charge >= 0.3 is 6.18 Å². The van der Waals surface area contributed by atoms with Crippen molar-refractivity contribution in [3.05, 3.63) is 65.9 Å². The number of alkyl halides is 3. The van der Waals surface area contributed by atoms with Crippen molar-refractivity contribution in [2.24, 2.45) is 5.10 Å². The van der Waals surface area contributed by atoms with Gasteiger partial charge in [-0.2, -0.15) is 23.3 Å². The highest BCUT2D eigenvalue weighted by atomic mass is 19.4. The standard InChI is InChI=1S/C22H21F4N7O/c1-32(21-28-14-19(23)20(31-21)33-7-9-34-10-8-33)29-13-17-5-6-18(12-27-17)30-16-4-2-3-15(11-16)22(24,25)26/h2-6,11-14,30H,7-10H2,1H3/b29-13+. The highest BCUT2D eigenvalue weighted by Gasteiger charge is 2.30. The van der Waals surface area contributed by atoms with Gasteiger partial charge in [0, 0.05) is 25.8 Å². The molecular formula is C22H21F4N7O. The lowest BCUT2D eigenvalue weighted by atomic mass is 10.2. The topological polar surface area (TPSA) is 78.8 Å². The molecule has 8 nitrogen and oxygen atoms in total. The summed E-state index contributed by atoms with van der Waals surface area (Å²) in [5.41, 5.74) is 0.568. The Hall–Kier alpha value is -3.80. The predicted octanol–water partition coefficient (Wildman–Crippen LogP) is 4.08. The number of pyridine rings is 1. The van der Waals surface area contributed by atoms with Gasteiger partial charge < -0.3 is 15.0 Å².